The third-order valence-corrected chi connectivity index (χ3v) is 6.67. The molecule has 5 rings (SSSR count). The normalized spacial score (nSPS) is 14.4. The van der Waals surface area contributed by atoms with Crippen LogP contribution in [0, 0.1) is 0 Å². The summed E-state index contributed by atoms with van der Waals surface area (Å²) in [5.74, 6) is -0.114. The molecule has 1 aliphatic rings. The van der Waals surface area contributed by atoms with E-state index >= 15 is 0 Å². The monoisotopic (exact) mass is 539 g/mol. The minimum absolute atomic E-state index is 0.114. The summed E-state index contributed by atoms with van der Waals surface area (Å²) in [5.41, 5.74) is 2.75. The van der Waals surface area contributed by atoms with E-state index in [1.54, 1.807) is 11.0 Å². The molecule has 0 N–H and O–H groups in total. The molecule has 1 aliphatic heterocycles. The van der Waals surface area contributed by atoms with Crippen LogP contribution in [0.25, 0.3) is 22.2 Å². The van der Waals surface area contributed by atoms with Crippen molar-refractivity contribution in [2.24, 2.45) is 0 Å². The molecule has 8 heteroatoms. The number of carbonyl (C=O) groups is 1. The minimum Gasteiger partial charge on any atom is -0.368 e. The van der Waals surface area contributed by atoms with Crippen molar-refractivity contribution in [1.82, 2.24) is 9.88 Å². The van der Waals surface area contributed by atoms with Crippen LogP contribution in [-0.2, 0) is 6.18 Å². The summed E-state index contributed by atoms with van der Waals surface area (Å²) in [6, 6.07) is 22.5. The molecule has 1 saturated heterocycles. The molecule has 1 aromatic heterocycles. The molecule has 0 aliphatic carbocycles. The molecule has 3 aromatic carbocycles. The average molecular weight is 540 g/mol. The summed E-state index contributed by atoms with van der Waals surface area (Å²) < 4.78 is 40.2. The first kappa shape index (κ1) is 23.4. The first-order valence-electron chi connectivity index (χ1n) is 11.2. The molecule has 0 radical (unpaired) electrons. The van der Waals surface area contributed by atoms with Crippen LogP contribution in [0.15, 0.2) is 83.3 Å². The summed E-state index contributed by atoms with van der Waals surface area (Å²) in [4.78, 5) is 22.1. The molecule has 0 spiro atoms. The van der Waals surface area contributed by atoms with Crippen molar-refractivity contribution in [3.63, 3.8) is 0 Å². The highest BCUT2D eigenvalue weighted by atomic mass is 79.9. The first-order valence-corrected chi connectivity index (χ1v) is 12.0. The summed E-state index contributed by atoms with van der Waals surface area (Å²) in [6.07, 6.45) is -4.39. The number of benzene rings is 3. The van der Waals surface area contributed by atoms with Gasteiger partial charge >= 0.3 is 6.18 Å². The Bertz CT molecular complexity index is 1380. The Kier molecular flexibility index (Phi) is 6.23. The second kappa shape index (κ2) is 9.34. The van der Waals surface area contributed by atoms with Gasteiger partial charge < -0.3 is 9.80 Å². The quantitative estimate of drug-likeness (QED) is 0.292. The van der Waals surface area contributed by atoms with Crippen LogP contribution >= 0.6 is 15.9 Å². The Morgan fingerprint density at radius 3 is 2.31 bits per heavy atom. The number of alkyl halides is 3. The van der Waals surface area contributed by atoms with Crippen molar-refractivity contribution in [3.05, 3.63) is 94.5 Å². The van der Waals surface area contributed by atoms with E-state index in [4.69, 9.17) is 4.98 Å². The maximum atomic E-state index is 13.7. The molecule has 0 atom stereocenters. The van der Waals surface area contributed by atoms with E-state index in [-0.39, 0.29) is 5.91 Å². The fourth-order valence-electron chi connectivity index (χ4n) is 4.35. The maximum absolute atomic E-state index is 13.7. The van der Waals surface area contributed by atoms with Crippen LogP contribution < -0.4 is 4.90 Å². The molecule has 1 amide bonds. The zero-order valence-corrected chi connectivity index (χ0v) is 20.2. The summed E-state index contributed by atoms with van der Waals surface area (Å²) in [6.45, 7) is 1.72. The highest BCUT2D eigenvalue weighted by Gasteiger charge is 2.31. The van der Waals surface area contributed by atoms with Crippen molar-refractivity contribution in [2.75, 3.05) is 31.1 Å². The van der Waals surface area contributed by atoms with Gasteiger partial charge in [0.15, 0.2) is 0 Å². The molecule has 0 unspecified atom stereocenters. The van der Waals surface area contributed by atoms with E-state index in [0.29, 0.717) is 43.1 Å². The first-order chi connectivity index (χ1) is 16.8. The van der Waals surface area contributed by atoms with Crippen LogP contribution in [0.2, 0.25) is 0 Å². The van der Waals surface area contributed by atoms with Crippen LogP contribution in [0.5, 0.6) is 0 Å². The van der Waals surface area contributed by atoms with Crippen LogP contribution in [-0.4, -0.2) is 42.0 Å². The number of rotatable bonds is 3. The number of anilines is 1. The van der Waals surface area contributed by atoms with E-state index < -0.39 is 11.7 Å². The Morgan fingerprint density at radius 1 is 0.857 bits per heavy atom. The third kappa shape index (κ3) is 4.89. The SMILES string of the molecule is O=C(c1cc(-c2ccccc2)nc2ccc(Br)cc12)N1CCN(c2cccc(C(F)(F)F)c2)CC1. The summed E-state index contributed by atoms with van der Waals surface area (Å²) in [7, 11) is 0. The maximum Gasteiger partial charge on any atom is 0.416 e. The van der Waals surface area contributed by atoms with Gasteiger partial charge in [-0.3, -0.25) is 4.79 Å². The number of halogens is 4. The van der Waals surface area contributed by atoms with Crippen molar-refractivity contribution in [2.45, 2.75) is 6.18 Å². The number of nitrogens with zero attached hydrogens (tertiary/aromatic N) is 3. The fraction of sp³-hybridized carbons (Fsp3) is 0.185. The van der Waals surface area contributed by atoms with E-state index in [1.165, 1.54) is 6.07 Å². The van der Waals surface area contributed by atoms with E-state index in [9.17, 15) is 18.0 Å². The number of pyridine rings is 1. The van der Waals surface area contributed by atoms with Gasteiger partial charge in [0.1, 0.15) is 0 Å². The summed E-state index contributed by atoms with van der Waals surface area (Å²) >= 11 is 3.49. The highest BCUT2D eigenvalue weighted by molar-refractivity contribution is 9.10. The number of hydrogen-bond acceptors (Lipinski definition) is 3. The molecule has 35 heavy (non-hydrogen) atoms. The van der Waals surface area contributed by atoms with Crippen molar-refractivity contribution in [3.8, 4) is 11.3 Å². The van der Waals surface area contributed by atoms with Crippen LogP contribution in [0.1, 0.15) is 15.9 Å². The van der Waals surface area contributed by atoms with Gasteiger partial charge in [-0.2, -0.15) is 13.2 Å². The molecule has 0 bridgehead atoms. The second-order valence-corrected chi connectivity index (χ2v) is 9.33. The lowest BCUT2D eigenvalue weighted by molar-refractivity contribution is -0.137. The average Bonchev–Trinajstić information content (AvgIpc) is 2.88. The molecule has 4 nitrogen and oxygen atoms in total. The zero-order chi connectivity index (χ0) is 24.6. The molecule has 1 fully saturated rings. The molecule has 4 aromatic rings. The zero-order valence-electron chi connectivity index (χ0n) is 18.6. The van der Waals surface area contributed by atoms with Gasteiger partial charge in [0, 0.05) is 47.3 Å². The fourth-order valence-corrected chi connectivity index (χ4v) is 4.71. The third-order valence-electron chi connectivity index (χ3n) is 6.18. The number of aromatic nitrogens is 1. The molecule has 2 heterocycles. The lowest BCUT2D eigenvalue weighted by Gasteiger charge is -2.36. The Balaban J connectivity index is 1.42. The second-order valence-electron chi connectivity index (χ2n) is 8.41. The molecular formula is C27H21BrF3N3O. The lowest BCUT2D eigenvalue weighted by atomic mass is 10.0. The van der Waals surface area contributed by atoms with E-state index in [1.807, 2.05) is 59.5 Å². The van der Waals surface area contributed by atoms with Gasteiger partial charge in [0.25, 0.3) is 5.91 Å². The lowest BCUT2D eigenvalue weighted by Crippen LogP contribution is -2.48. The van der Waals surface area contributed by atoms with E-state index in [0.717, 1.165) is 33.1 Å². The Hall–Kier alpha value is -3.39. The minimum atomic E-state index is -4.39. The van der Waals surface area contributed by atoms with Gasteiger partial charge in [-0.15, -0.1) is 0 Å². The van der Waals surface area contributed by atoms with Gasteiger partial charge in [-0.1, -0.05) is 52.3 Å². The van der Waals surface area contributed by atoms with Crippen molar-refractivity contribution >= 4 is 38.4 Å². The molecular weight excluding hydrogens is 519 g/mol. The van der Waals surface area contributed by atoms with Gasteiger partial charge in [-0.05, 0) is 42.5 Å². The Morgan fingerprint density at radius 2 is 1.60 bits per heavy atom. The van der Waals surface area contributed by atoms with Crippen molar-refractivity contribution in [1.29, 1.82) is 0 Å². The van der Waals surface area contributed by atoms with E-state index in [2.05, 4.69) is 15.9 Å². The predicted molar refractivity (Wildman–Crippen MR) is 134 cm³/mol. The number of piperazine rings is 1. The number of amides is 1. The standard InChI is InChI=1S/C27H21BrF3N3O/c28-20-9-10-24-22(16-20)23(17-25(32-24)18-5-2-1-3-6-18)26(35)34-13-11-33(12-14-34)21-8-4-7-19(15-21)27(29,30)31/h1-10,15-17H,11-14H2. The summed E-state index contributed by atoms with van der Waals surface area (Å²) in [5, 5.41) is 0.754. The largest absolute Gasteiger partial charge is 0.416 e. The van der Waals surface area contributed by atoms with Crippen LogP contribution in [0.3, 0.4) is 0 Å². The van der Waals surface area contributed by atoms with Gasteiger partial charge in [-0.25, -0.2) is 4.98 Å². The molecule has 178 valence electrons. The van der Waals surface area contributed by atoms with Gasteiger partial charge in [0.05, 0.1) is 22.3 Å². The van der Waals surface area contributed by atoms with Crippen molar-refractivity contribution < 1.29 is 18.0 Å². The predicted octanol–water partition coefficient (Wildman–Crippen LogP) is 6.65. The number of hydrogen-bond donors (Lipinski definition) is 0. The Labute approximate surface area is 209 Å². The van der Waals surface area contributed by atoms with Gasteiger partial charge in [0.2, 0.25) is 0 Å². The van der Waals surface area contributed by atoms with Crippen LogP contribution in [0.4, 0.5) is 18.9 Å². The topological polar surface area (TPSA) is 36.4 Å². The highest BCUT2D eigenvalue weighted by Crippen LogP contribution is 2.32. The molecule has 0 saturated carbocycles. The smallest absolute Gasteiger partial charge is 0.368 e. The number of fused-ring (bicyclic) bond motifs is 1. The number of carbonyl (C=O) groups excluding carboxylic acids is 1.